The second-order valence-electron chi connectivity index (χ2n) is 8.63. The third kappa shape index (κ3) is 2.56. The van der Waals surface area contributed by atoms with Crippen molar-refractivity contribution in [2.24, 2.45) is 28.2 Å². The number of hydrogen-bond donors (Lipinski definition) is 0. The summed E-state index contributed by atoms with van der Waals surface area (Å²) in [5.41, 5.74) is 2.83. The fourth-order valence-electron chi connectivity index (χ4n) is 6.02. The van der Waals surface area contributed by atoms with Gasteiger partial charge in [-0.1, -0.05) is 31.2 Å². The molecule has 4 aliphatic carbocycles. The first kappa shape index (κ1) is 15.4. The number of nitrogens with zero attached hydrogens (tertiary/aromatic N) is 1. The van der Waals surface area contributed by atoms with Crippen LogP contribution in [-0.2, 0) is 16.0 Å². The molecular formula is C22H25NO2. The Bertz CT molecular complexity index is 736. The third-order valence-electron chi connectivity index (χ3n) is 6.80. The highest BCUT2D eigenvalue weighted by Crippen LogP contribution is 2.61. The molecule has 0 aromatic heterocycles. The predicted molar refractivity (Wildman–Crippen MR) is 97.9 cm³/mol. The van der Waals surface area contributed by atoms with Gasteiger partial charge in [0.2, 0.25) is 5.90 Å². The summed E-state index contributed by atoms with van der Waals surface area (Å²) in [5, 5.41) is 0. The van der Waals surface area contributed by atoms with Gasteiger partial charge in [-0.05, 0) is 79.9 Å². The van der Waals surface area contributed by atoms with Gasteiger partial charge in [0.05, 0.1) is 0 Å². The fraction of sp³-hybridized carbons (Fsp3) is 0.545. The van der Waals surface area contributed by atoms with Crippen LogP contribution in [0.4, 0.5) is 0 Å². The smallest absolute Gasteiger partial charge is 0.363 e. The molecule has 1 aromatic carbocycles. The van der Waals surface area contributed by atoms with Gasteiger partial charge in [-0.15, -0.1) is 0 Å². The maximum absolute atomic E-state index is 12.4. The van der Waals surface area contributed by atoms with Gasteiger partial charge < -0.3 is 4.74 Å². The van der Waals surface area contributed by atoms with Gasteiger partial charge in [-0.3, -0.25) is 0 Å². The highest BCUT2D eigenvalue weighted by molar-refractivity contribution is 6.09. The van der Waals surface area contributed by atoms with Crippen molar-refractivity contribution in [1.82, 2.24) is 0 Å². The number of ether oxygens (including phenoxy) is 1. The molecule has 4 bridgehead atoms. The number of aryl methyl sites for hydroxylation is 1. The van der Waals surface area contributed by atoms with Gasteiger partial charge in [0.15, 0.2) is 5.70 Å². The van der Waals surface area contributed by atoms with Crippen molar-refractivity contribution in [1.29, 1.82) is 0 Å². The van der Waals surface area contributed by atoms with Crippen LogP contribution in [0.3, 0.4) is 0 Å². The van der Waals surface area contributed by atoms with Crippen molar-refractivity contribution in [2.45, 2.75) is 51.9 Å². The molecular weight excluding hydrogens is 310 g/mol. The lowest BCUT2D eigenvalue weighted by molar-refractivity contribution is -0.131. The molecule has 0 radical (unpaired) electrons. The average Bonchev–Trinajstić information content (AvgIpc) is 2.96. The Hall–Kier alpha value is -1.90. The molecule has 0 saturated heterocycles. The molecule has 1 aromatic rings. The summed E-state index contributed by atoms with van der Waals surface area (Å²) in [6, 6.07) is 8.32. The molecule has 0 atom stereocenters. The van der Waals surface area contributed by atoms with E-state index in [9.17, 15) is 4.79 Å². The number of aliphatic imine (C=N–C) groups is 1. The summed E-state index contributed by atoms with van der Waals surface area (Å²) in [5.74, 6) is 2.92. The van der Waals surface area contributed by atoms with Crippen molar-refractivity contribution in [3.05, 3.63) is 41.1 Å². The topological polar surface area (TPSA) is 38.7 Å². The van der Waals surface area contributed by atoms with Crippen LogP contribution in [0.15, 0.2) is 35.0 Å². The van der Waals surface area contributed by atoms with E-state index in [2.05, 4.69) is 31.2 Å². The van der Waals surface area contributed by atoms with Gasteiger partial charge in [0.25, 0.3) is 0 Å². The third-order valence-corrected chi connectivity index (χ3v) is 6.80. The summed E-state index contributed by atoms with van der Waals surface area (Å²) in [4.78, 5) is 17.1. The Labute approximate surface area is 149 Å². The molecule has 1 heterocycles. The van der Waals surface area contributed by atoms with Gasteiger partial charge in [0, 0.05) is 5.41 Å². The molecule has 6 rings (SSSR count). The van der Waals surface area contributed by atoms with E-state index in [1.165, 1.54) is 44.1 Å². The minimum absolute atomic E-state index is 0.0477. The number of rotatable bonds is 3. The van der Waals surface area contributed by atoms with E-state index in [0.717, 1.165) is 35.6 Å². The summed E-state index contributed by atoms with van der Waals surface area (Å²) < 4.78 is 5.72. The Balaban J connectivity index is 1.44. The van der Waals surface area contributed by atoms with Crippen molar-refractivity contribution >= 4 is 17.9 Å². The molecule has 130 valence electrons. The van der Waals surface area contributed by atoms with E-state index in [0.29, 0.717) is 5.70 Å². The monoisotopic (exact) mass is 335 g/mol. The number of hydrogen-bond acceptors (Lipinski definition) is 3. The lowest BCUT2D eigenvalue weighted by atomic mass is 9.49. The first-order valence-electron chi connectivity index (χ1n) is 9.75. The van der Waals surface area contributed by atoms with Crippen molar-refractivity contribution in [2.75, 3.05) is 0 Å². The first-order chi connectivity index (χ1) is 12.1. The minimum atomic E-state index is -0.273. The molecule has 0 unspecified atom stereocenters. The van der Waals surface area contributed by atoms with Crippen LogP contribution >= 0.6 is 0 Å². The van der Waals surface area contributed by atoms with Crippen molar-refractivity contribution in [3.63, 3.8) is 0 Å². The highest BCUT2D eigenvalue weighted by Gasteiger charge is 2.55. The van der Waals surface area contributed by atoms with E-state index < -0.39 is 0 Å². The van der Waals surface area contributed by atoms with Crippen molar-refractivity contribution < 1.29 is 9.53 Å². The molecule has 4 saturated carbocycles. The van der Waals surface area contributed by atoms with Gasteiger partial charge >= 0.3 is 5.97 Å². The highest BCUT2D eigenvalue weighted by atomic mass is 16.6. The summed E-state index contributed by atoms with van der Waals surface area (Å²) >= 11 is 0. The second kappa shape index (κ2) is 5.55. The Morgan fingerprint density at radius 1 is 1.08 bits per heavy atom. The van der Waals surface area contributed by atoms with E-state index >= 15 is 0 Å². The van der Waals surface area contributed by atoms with Crippen LogP contribution in [-0.4, -0.2) is 11.9 Å². The van der Waals surface area contributed by atoms with Crippen molar-refractivity contribution in [3.8, 4) is 0 Å². The van der Waals surface area contributed by atoms with Gasteiger partial charge in [0.1, 0.15) is 0 Å². The molecule has 5 aliphatic rings. The summed E-state index contributed by atoms with van der Waals surface area (Å²) in [6.45, 7) is 2.14. The quantitative estimate of drug-likeness (QED) is 0.590. The van der Waals surface area contributed by atoms with E-state index in [1.807, 2.05) is 6.08 Å². The average molecular weight is 335 g/mol. The fourth-order valence-corrected chi connectivity index (χ4v) is 6.02. The lowest BCUT2D eigenvalue weighted by Gasteiger charge is -2.55. The van der Waals surface area contributed by atoms with E-state index in [1.54, 1.807) is 0 Å². The zero-order chi connectivity index (χ0) is 17.0. The van der Waals surface area contributed by atoms with Crippen LogP contribution in [0.25, 0.3) is 6.08 Å². The molecule has 0 amide bonds. The van der Waals surface area contributed by atoms with Crippen LogP contribution in [0.1, 0.15) is 56.6 Å². The Morgan fingerprint density at radius 2 is 1.68 bits per heavy atom. The number of benzene rings is 1. The first-order valence-corrected chi connectivity index (χ1v) is 9.75. The van der Waals surface area contributed by atoms with Crippen LogP contribution < -0.4 is 0 Å². The molecule has 25 heavy (non-hydrogen) atoms. The standard InChI is InChI=1S/C22H25NO2/c1-2-14-3-5-15(6-4-14)10-19-20(24)25-21(23-19)22-11-16-7-17(12-22)9-18(8-16)13-22/h3-6,10,16-18H,2,7-9,11-13H2,1H3/b19-10-. The molecule has 1 aliphatic heterocycles. The number of carbonyl (C=O) groups excluding carboxylic acids is 1. The van der Waals surface area contributed by atoms with Gasteiger partial charge in [-0.25, -0.2) is 9.79 Å². The zero-order valence-corrected chi connectivity index (χ0v) is 14.8. The minimum Gasteiger partial charge on any atom is -0.406 e. The molecule has 3 nitrogen and oxygen atoms in total. The number of esters is 1. The molecule has 4 fully saturated rings. The summed E-state index contributed by atoms with van der Waals surface area (Å²) in [6.07, 6.45) is 10.5. The molecule has 0 N–H and O–H groups in total. The number of cyclic esters (lactones) is 1. The molecule has 0 spiro atoms. The van der Waals surface area contributed by atoms with Crippen LogP contribution in [0, 0.1) is 23.2 Å². The SMILES string of the molecule is CCc1ccc(/C=C2\N=C(C34CC5CC(CC(C5)C3)C4)OC2=O)cc1. The Morgan fingerprint density at radius 3 is 2.24 bits per heavy atom. The number of carbonyl (C=O) groups is 1. The van der Waals surface area contributed by atoms with Crippen LogP contribution in [0.5, 0.6) is 0 Å². The predicted octanol–water partition coefficient (Wildman–Crippen LogP) is 4.76. The summed E-state index contributed by atoms with van der Waals surface area (Å²) in [7, 11) is 0. The zero-order valence-electron chi connectivity index (χ0n) is 14.8. The normalized spacial score (nSPS) is 37.5. The largest absolute Gasteiger partial charge is 0.406 e. The Kier molecular flexibility index (Phi) is 3.41. The maximum Gasteiger partial charge on any atom is 0.363 e. The van der Waals surface area contributed by atoms with Crippen LogP contribution in [0.2, 0.25) is 0 Å². The van der Waals surface area contributed by atoms with E-state index in [4.69, 9.17) is 9.73 Å². The lowest BCUT2D eigenvalue weighted by Crippen LogP contribution is -2.50. The van der Waals surface area contributed by atoms with Gasteiger partial charge in [-0.2, -0.15) is 0 Å². The molecule has 3 heteroatoms. The second-order valence-corrected chi connectivity index (χ2v) is 8.63. The van der Waals surface area contributed by atoms with E-state index in [-0.39, 0.29) is 11.4 Å². The maximum atomic E-state index is 12.4.